The summed E-state index contributed by atoms with van der Waals surface area (Å²) in [5, 5.41) is 3.33. The standard InChI is InChI=1S/C14H21FN2O/c1-11(15)12-3-4-14(18-2)13(9-12)10-17-7-5-16-6-8-17/h3-4,9,11,16H,5-8,10H2,1-2H3. The smallest absolute Gasteiger partial charge is 0.123 e. The van der Waals surface area contributed by atoms with Gasteiger partial charge in [-0.2, -0.15) is 0 Å². The van der Waals surface area contributed by atoms with Crippen molar-refractivity contribution in [2.75, 3.05) is 33.3 Å². The van der Waals surface area contributed by atoms with Crippen LogP contribution < -0.4 is 10.1 Å². The first kappa shape index (κ1) is 13.3. The summed E-state index contributed by atoms with van der Waals surface area (Å²) in [6.45, 7) is 6.47. The molecule has 0 aromatic heterocycles. The average Bonchev–Trinajstić information content (AvgIpc) is 2.39. The summed E-state index contributed by atoms with van der Waals surface area (Å²) in [5.41, 5.74) is 1.79. The van der Waals surface area contributed by atoms with Gasteiger partial charge in [0.05, 0.1) is 7.11 Å². The summed E-state index contributed by atoms with van der Waals surface area (Å²) in [6.07, 6.45) is -0.933. The minimum absolute atomic E-state index is 0.723. The third-order valence-corrected chi connectivity index (χ3v) is 3.37. The van der Waals surface area contributed by atoms with E-state index >= 15 is 0 Å². The van der Waals surface area contributed by atoms with Gasteiger partial charge in [-0.15, -0.1) is 0 Å². The SMILES string of the molecule is COc1ccc(C(C)F)cc1CN1CCNCC1. The molecule has 2 rings (SSSR count). The van der Waals surface area contributed by atoms with Crippen molar-refractivity contribution in [1.82, 2.24) is 10.2 Å². The quantitative estimate of drug-likeness (QED) is 0.888. The van der Waals surface area contributed by atoms with E-state index in [1.807, 2.05) is 12.1 Å². The number of nitrogens with one attached hydrogen (secondary N) is 1. The van der Waals surface area contributed by atoms with E-state index in [4.69, 9.17) is 4.74 Å². The van der Waals surface area contributed by atoms with Crippen LogP contribution in [0.25, 0.3) is 0 Å². The van der Waals surface area contributed by atoms with Crippen molar-refractivity contribution >= 4 is 0 Å². The largest absolute Gasteiger partial charge is 0.496 e. The summed E-state index contributed by atoms with van der Waals surface area (Å²) in [7, 11) is 1.66. The number of ether oxygens (including phenoxy) is 1. The zero-order chi connectivity index (χ0) is 13.0. The van der Waals surface area contributed by atoms with Gasteiger partial charge in [0.2, 0.25) is 0 Å². The Balaban J connectivity index is 2.15. The summed E-state index contributed by atoms with van der Waals surface area (Å²) in [4.78, 5) is 2.36. The number of piperazine rings is 1. The summed E-state index contributed by atoms with van der Waals surface area (Å²) < 4.78 is 18.7. The van der Waals surface area contributed by atoms with Gasteiger partial charge >= 0.3 is 0 Å². The predicted molar refractivity (Wildman–Crippen MR) is 70.7 cm³/mol. The van der Waals surface area contributed by atoms with E-state index in [1.54, 1.807) is 20.1 Å². The molecular weight excluding hydrogens is 231 g/mol. The molecule has 0 amide bonds. The van der Waals surface area contributed by atoms with E-state index in [1.165, 1.54) is 0 Å². The molecule has 1 saturated heterocycles. The molecule has 1 aliphatic rings. The second-order valence-corrected chi connectivity index (χ2v) is 4.71. The second kappa shape index (κ2) is 6.16. The molecule has 0 saturated carbocycles. The Labute approximate surface area is 108 Å². The highest BCUT2D eigenvalue weighted by molar-refractivity contribution is 5.38. The van der Waals surface area contributed by atoms with E-state index in [2.05, 4.69) is 10.2 Å². The van der Waals surface area contributed by atoms with Gasteiger partial charge in [-0.05, 0) is 24.6 Å². The highest BCUT2D eigenvalue weighted by Gasteiger charge is 2.14. The highest BCUT2D eigenvalue weighted by Crippen LogP contribution is 2.26. The molecule has 0 spiro atoms. The molecule has 18 heavy (non-hydrogen) atoms. The predicted octanol–water partition coefficient (Wildman–Crippen LogP) is 2.13. The number of nitrogens with zero attached hydrogens (tertiary/aromatic N) is 1. The first-order valence-electron chi connectivity index (χ1n) is 6.44. The fourth-order valence-electron chi connectivity index (χ4n) is 2.28. The Bertz CT molecular complexity index is 389. The van der Waals surface area contributed by atoms with Crippen molar-refractivity contribution in [3.05, 3.63) is 29.3 Å². The molecule has 1 aromatic rings. The molecule has 1 atom stereocenters. The number of benzene rings is 1. The molecule has 0 bridgehead atoms. The van der Waals surface area contributed by atoms with Crippen molar-refractivity contribution in [2.24, 2.45) is 0 Å². The first-order valence-corrected chi connectivity index (χ1v) is 6.44. The van der Waals surface area contributed by atoms with Crippen LogP contribution in [-0.4, -0.2) is 38.2 Å². The van der Waals surface area contributed by atoms with Gasteiger partial charge in [-0.1, -0.05) is 6.07 Å². The van der Waals surface area contributed by atoms with Crippen LogP contribution in [0.3, 0.4) is 0 Å². The van der Waals surface area contributed by atoms with Gasteiger partial charge in [0.1, 0.15) is 11.9 Å². The second-order valence-electron chi connectivity index (χ2n) is 4.71. The van der Waals surface area contributed by atoms with Gasteiger partial charge in [0.25, 0.3) is 0 Å². The Morgan fingerprint density at radius 2 is 2.11 bits per heavy atom. The lowest BCUT2D eigenvalue weighted by Crippen LogP contribution is -2.42. The summed E-state index contributed by atoms with van der Waals surface area (Å²) in [6, 6.07) is 5.58. The molecule has 4 heteroatoms. The van der Waals surface area contributed by atoms with Gasteiger partial charge in [0.15, 0.2) is 0 Å². The molecule has 0 aliphatic carbocycles. The van der Waals surface area contributed by atoms with E-state index in [0.29, 0.717) is 0 Å². The van der Waals surface area contributed by atoms with Gasteiger partial charge in [0, 0.05) is 38.3 Å². The van der Waals surface area contributed by atoms with Crippen molar-refractivity contribution in [3.63, 3.8) is 0 Å². The molecule has 100 valence electrons. The van der Waals surface area contributed by atoms with Gasteiger partial charge in [-0.3, -0.25) is 4.90 Å². The number of methoxy groups -OCH3 is 1. The molecule has 1 aliphatic heterocycles. The Kier molecular flexibility index (Phi) is 4.55. The monoisotopic (exact) mass is 252 g/mol. The van der Waals surface area contributed by atoms with E-state index in [-0.39, 0.29) is 0 Å². The summed E-state index contributed by atoms with van der Waals surface area (Å²) in [5.74, 6) is 0.845. The number of hydrogen-bond acceptors (Lipinski definition) is 3. The molecule has 1 fully saturated rings. The van der Waals surface area contributed by atoms with Crippen LogP contribution in [0.2, 0.25) is 0 Å². The zero-order valence-electron chi connectivity index (χ0n) is 11.1. The van der Waals surface area contributed by atoms with Crippen LogP contribution in [0.1, 0.15) is 24.2 Å². The normalized spacial score (nSPS) is 18.6. The van der Waals surface area contributed by atoms with Crippen LogP contribution >= 0.6 is 0 Å². The average molecular weight is 252 g/mol. The van der Waals surface area contributed by atoms with E-state index < -0.39 is 6.17 Å². The maximum atomic E-state index is 13.4. The molecule has 3 nitrogen and oxygen atoms in total. The van der Waals surface area contributed by atoms with Crippen molar-refractivity contribution in [3.8, 4) is 5.75 Å². The number of alkyl halides is 1. The highest BCUT2D eigenvalue weighted by atomic mass is 19.1. The lowest BCUT2D eigenvalue weighted by atomic mass is 10.1. The van der Waals surface area contributed by atoms with Crippen molar-refractivity contribution < 1.29 is 9.13 Å². The topological polar surface area (TPSA) is 24.5 Å². The minimum atomic E-state index is -0.933. The first-order chi connectivity index (χ1) is 8.70. The fraction of sp³-hybridized carbons (Fsp3) is 0.571. The Morgan fingerprint density at radius 1 is 1.39 bits per heavy atom. The molecular formula is C14H21FN2O. The van der Waals surface area contributed by atoms with Crippen molar-refractivity contribution in [2.45, 2.75) is 19.6 Å². The summed E-state index contributed by atoms with van der Waals surface area (Å²) >= 11 is 0. The number of rotatable bonds is 4. The third kappa shape index (κ3) is 3.21. The molecule has 1 aromatic carbocycles. The zero-order valence-corrected chi connectivity index (χ0v) is 11.1. The van der Waals surface area contributed by atoms with Crippen molar-refractivity contribution in [1.29, 1.82) is 0 Å². The fourth-order valence-corrected chi connectivity index (χ4v) is 2.28. The molecule has 0 radical (unpaired) electrons. The van der Waals surface area contributed by atoms with Crippen LogP contribution in [0.5, 0.6) is 5.75 Å². The number of halogens is 1. The molecule has 1 heterocycles. The third-order valence-electron chi connectivity index (χ3n) is 3.37. The Morgan fingerprint density at radius 3 is 2.72 bits per heavy atom. The van der Waals surface area contributed by atoms with Crippen LogP contribution in [0.4, 0.5) is 4.39 Å². The maximum absolute atomic E-state index is 13.4. The van der Waals surface area contributed by atoms with E-state index in [9.17, 15) is 4.39 Å². The van der Waals surface area contributed by atoms with Crippen LogP contribution in [0, 0.1) is 0 Å². The van der Waals surface area contributed by atoms with Crippen LogP contribution in [0.15, 0.2) is 18.2 Å². The number of hydrogen-bond donors (Lipinski definition) is 1. The minimum Gasteiger partial charge on any atom is -0.496 e. The van der Waals surface area contributed by atoms with Gasteiger partial charge in [-0.25, -0.2) is 4.39 Å². The van der Waals surface area contributed by atoms with Crippen LogP contribution in [-0.2, 0) is 6.54 Å². The van der Waals surface area contributed by atoms with E-state index in [0.717, 1.165) is 49.6 Å². The Hall–Kier alpha value is -1.13. The molecule has 1 N–H and O–H groups in total. The lowest BCUT2D eigenvalue weighted by molar-refractivity contribution is 0.230. The maximum Gasteiger partial charge on any atom is 0.123 e. The lowest BCUT2D eigenvalue weighted by Gasteiger charge is -2.28. The van der Waals surface area contributed by atoms with Gasteiger partial charge < -0.3 is 10.1 Å². The molecule has 1 unspecified atom stereocenters.